The first-order valence-corrected chi connectivity index (χ1v) is 8.58. The molecule has 0 aliphatic carbocycles. The van der Waals surface area contributed by atoms with E-state index >= 15 is 0 Å². The van der Waals surface area contributed by atoms with Crippen LogP contribution in [0.1, 0.15) is 15.9 Å². The minimum Gasteiger partial charge on any atom is -0.497 e. The number of halogens is 2. The molecule has 2 aromatic rings. The molecule has 2 N–H and O–H groups in total. The van der Waals surface area contributed by atoms with Gasteiger partial charge in [0.25, 0.3) is 5.91 Å². The molecule has 0 aromatic heterocycles. The van der Waals surface area contributed by atoms with Gasteiger partial charge in [0.15, 0.2) is 0 Å². The van der Waals surface area contributed by atoms with E-state index in [-0.39, 0.29) is 18.4 Å². The summed E-state index contributed by atoms with van der Waals surface area (Å²) < 4.78 is 5.85. The van der Waals surface area contributed by atoms with Crippen molar-refractivity contribution in [2.24, 2.45) is 0 Å². The maximum Gasteiger partial charge on any atom is 0.252 e. The van der Waals surface area contributed by atoms with Crippen LogP contribution >= 0.6 is 34.2 Å². The average Bonchev–Trinajstić information content (AvgIpc) is 2.60. The summed E-state index contributed by atoms with van der Waals surface area (Å²) in [6, 6.07) is 12.4. The Kier molecular flexibility index (Phi) is 6.86. The predicted octanol–water partition coefficient (Wildman–Crippen LogP) is 3.00. The molecule has 0 saturated heterocycles. The van der Waals surface area contributed by atoms with E-state index in [9.17, 15) is 9.59 Å². The molecule has 0 heterocycles. The fraction of sp³-hybridized carbons (Fsp3) is 0.176. The van der Waals surface area contributed by atoms with Crippen molar-refractivity contribution in [1.29, 1.82) is 0 Å². The van der Waals surface area contributed by atoms with Crippen LogP contribution in [0.15, 0.2) is 42.5 Å². The monoisotopic (exact) mass is 458 g/mol. The average molecular weight is 459 g/mol. The number of rotatable bonds is 6. The van der Waals surface area contributed by atoms with Crippen molar-refractivity contribution in [2.45, 2.75) is 6.54 Å². The van der Waals surface area contributed by atoms with Gasteiger partial charge in [-0.3, -0.25) is 9.59 Å². The van der Waals surface area contributed by atoms with E-state index in [0.29, 0.717) is 17.1 Å². The first-order chi connectivity index (χ1) is 11.5. The van der Waals surface area contributed by atoms with Crippen LogP contribution in [0.5, 0.6) is 5.75 Å². The van der Waals surface area contributed by atoms with Gasteiger partial charge in [-0.1, -0.05) is 23.7 Å². The maximum absolute atomic E-state index is 12.1. The molecule has 5 nitrogen and oxygen atoms in total. The molecule has 2 amide bonds. The Balaban J connectivity index is 1.82. The van der Waals surface area contributed by atoms with Crippen LogP contribution in [0.4, 0.5) is 0 Å². The Labute approximate surface area is 158 Å². The summed E-state index contributed by atoms with van der Waals surface area (Å²) >= 11 is 7.94. The Morgan fingerprint density at radius 1 is 1.12 bits per heavy atom. The van der Waals surface area contributed by atoms with Gasteiger partial charge in [-0.15, -0.1) is 0 Å². The van der Waals surface area contributed by atoms with Crippen molar-refractivity contribution in [2.75, 3.05) is 13.7 Å². The molecule has 0 aliphatic heterocycles. The second kappa shape index (κ2) is 8.89. The molecule has 0 atom stereocenters. The molecule has 7 heteroatoms. The van der Waals surface area contributed by atoms with Gasteiger partial charge in [0.2, 0.25) is 5.91 Å². The molecule has 0 radical (unpaired) electrons. The zero-order valence-electron chi connectivity index (χ0n) is 12.9. The summed E-state index contributed by atoms with van der Waals surface area (Å²) in [4.78, 5) is 23.9. The van der Waals surface area contributed by atoms with Crippen LogP contribution in [0.3, 0.4) is 0 Å². The highest BCUT2D eigenvalue weighted by atomic mass is 127. The van der Waals surface area contributed by atoms with Gasteiger partial charge in [0.1, 0.15) is 5.75 Å². The molecule has 0 unspecified atom stereocenters. The third-order valence-corrected chi connectivity index (χ3v) is 4.41. The van der Waals surface area contributed by atoms with Crippen molar-refractivity contribution in [3.05, 3.63) is 62.2 Å². The number of hydrogen-bond acceptors (Lipinski definition) is 3. The van der Waals surface area contributed by atoms with Crippen LogP contribution in [-0.2, 0) is 11.3 Å². The van der Waals surface area contributed by atoms with Gasteiger partial charge in [-0.25, -0.2) is 0 Å². The minimum absolute atomic E-state index is 0.0996. The van der Waals surface area contributed by atoms with Crippen molar-refractivity contribution < 1.29 is 14.3 Å². The summed E-state index contributed by atoms with van der Waals surface area (Å²) in [6.07, 6.45) is 0. The molecule has 0 bridgehead atoms. The minimum atomic E-state index is -0.332. The smallest absolute Gasteiger partial charge is 0.252 e. The number of methoxy groups -OCH3 is 1. The van der Waals surface area contributed by atoms with E-state index in [1.54, 1.807) is 25.3 Å². The van der Waals surface area contributed by atoms with Crippen LogP contribution in [-0.4, -0.2) is 25.5 Å². The van der Waals surface area contributed by atoms with Crippen molar-refractivity contribution >= 4 is 46.0 Å². The van der Waals surface area contributed by atoms with Gasteiger partial charge >= 0.3 is 0 Å². The highest BCUT2D eigenvalue weighted by Gasteiger charge is 2.12. The second-order valence-corrected chi connectivity index (χ2v) is 6.53. The Hall–Kier alpha value is -1.80. The molecule has 2 aromatic carbocycles. The Morgan fingerprint density at radius 2 is 1.83 bits per heavy atom. The van der Waals surface area contributed by atoms with Crippen LogP contribution < -0.4 is 15.4 Å². The summed E-state index contributed by atoms with van der Waals surface area (Å²) in [7, 11) is 1.60. The molecule has 0 saturated carbocycles. The van der Waals surface area contributed by atoms with E-state index in [1.165, 1.54) is 0 Å². The SMILES string of the molecule is COc1ccc(CNC(=O)CNC(=O)c2cc(Cl)ccc2I)cc1. The van der Waals surface area contributed by atoms with Crippen LogP contribution in [0, 0.1) is 3.57 Å². The standard InChI is InChI=1S/C17H16ClIN2O3/c1-24-13-5-2-11(3-6-13)9-20-16(22)10-21-17(23)14-8-12(18)4-7-15(14)19/h2-8H,9-10H2,1H3,(H,20,22)(H,21,23). The number of amides is 2. The third-order valence-electron chi connectivity index (χ3n) is 3.23. The van der Waals surface area contributed by atoms with Gasteiger partial charge < -0.3 is 15.4 Å². The first kappa shape index (κ1) is 18.5. The Bertz CT molecular complexity index is 735. The molecular weight excluding hydrogens is 443 g/mol. The molecule has 0 spiro atoms. The predicted molar refractivity (Wildman–Crippen MR) is 101 cm³/mol. The van der Waals surface area contributed by atoms with Gasteiger partial charge in [0.05, 0.1) is 19.2 Å². The largest absolute Gasteiger partial charge is 0.497 e. The molecule has 2 rings (SSSR count). The molecule has 126 valence electrons. The lowest BCUT2D eigenvalue weighted by Gasteiger charge is -2.09. The fourth-order valence-electron chi connectivity index (χ4n) is 1.93. The lowest BCUT2D eigenvalue weighted by Crippen LogP contribution is -2.36. The maximum atomic E-state index is 12.1. The first-order valence-electron chi connectivity index (χ1n) is 7.12. The summed E-state index contributed by atoms with van der Waals surface area (Å²) in [5.74, 6) is 0.158. The highest BCUT2D eigenvalue weighted by Crippen LogP contribution is 2.17. The van der Waals surface area contributed by atoms with E-state index in [2.05, 4.69) is 10.6 Å². The number of benzene rings is 2. The van der Waals surface area contributed by atoms with Gasteiger partial charge in [-0.05, 0) is 58.5 Å². The van der Waals surface area contributed by atoms with E-state index in [0.717, 1.165) is 14.9 Å². The van der Waals surface area contributed by atoms with Crippen molar-refractivity contribution in [1.82, 2.24) is 10.6 Å². The molecular formula is C17H16ClIN2O3. The van der Waals surface area contributed by atoms with Gasteiger partial charge in [0, 0.05) is 15.1 Å². The number of carbonyl (C=O) groups excluding carboxylic acids is 2. The fourth-order valence-corrected chi connectivity index (χ4v) is 2.69. The summed E-state index contributed by atoms with van der Waals surface area (Å²) in [5.41, 5.74) is 1.39. The van der Waals surface area contributed by atoms with Gasteiger partial charge in [-0.2, -0.15) is 0 Å². The number of ether oxygens (including phenoxy) is 1. The second-order valence-electron chi connectivity index (χ2n) is 4.93. The third kappa shape index (κ3) is 5.38. The number of hydrogen-bond donors (Lipinski definition) is 2. The lowest BCUT2D eigenvalue weighted by atomic mass is 10.2. The normalized spacial score (nSPS) is 10.1. The van der Waals surface area contributed by atoms with E-state index in [1.807, 2.05) is 46.9 Å². The highest BCUT2D eigenvalue weighted by molar-refractivity contribution is 14.1. The van der Waals surface area contributed by atoms with Crippen LogP contribution in [0.25, 0.3) is 0 Å². The van der Waals surface area contributed by atoms with E-state index in [4.69, 9.17) is 16.3 Å². The molecule has 0 fully saturated rings. The molecule has 0 aliphatic rings. The molecule has 24 heavy (non-hydrogen) atoms. The zero-order valence-corrected chi connectivity index (χ0v) is 15.8. The zero-order chi connectivity index (χ0) is 17.5. The lowest BCUT2D eigenvalue weighted by molar-refractivity contribution is -0.120. The number of nitrogens with one attached hydrogen (secondary N) is 2. The summed E-state index contributed by atoms with van der Waals surface area (Å²) in [5, 5.41) is 5.81. The Morgan fingerprint density at radius 3 is 2.50 bits per heavy atom. The quantitative estimate of drug-likeness (QED) is 0.654. The van der Waals surface area contributed by atoms with Crippen molar-refractivity contribution in [3.8, 4) is 5.75 Å². The van der Waals surface area contributed by atoms with Crippen LogP contribution in [0.2, 0.25) is 5.02 Å². The topological polar surface area (TPSA) is 67.4 Å². The number of carbonyl (C=O) groups is 2. The van der Waals surface area contributed by atoms with Crippen molar-refractivity contribution in [3.63, 3.8) is 0 Å². The summed E-state index contributed by atoms with van der Waals surface area (Å²) in [6.45, 7) is 0.283. The van der Waals surface area contributed by atoms with E-state index < -0.39 is 0 Å².